The van der Waals surface area contributed by atoms with Crippen molar-refractivity contribution in [3.05, 3.63) is 0 Å². The van der Waals surface area contributed by atoms with E-state index < -0.39 is 0 Å². The van der Waals surface area contributed by atoms with Gasteiger partial charge in [0.15, 0.2) is 5.96 Å². The molecule has 0 atom stereocenters. The van der Waals surface area contributed by atoms with Gasteiger partial charge in [0.05, 0.1) is 0 Å². The van der Waals surface area contributed by atoms with Crippen molar-refractivity contribution in [3.63, 3.8) is 0 Å². The van der Waals surface area contributed by atoms with Crippen molar-refractivity contribution in [2.75, 3.05) is 33.2 Å². The Hall–Kier alpha value is -1.30. The third-order valence-corrected chi connectivity index (χ3v) is 5.76. The van der Waals surface area contributed by atoms with Crippen molar-refractivity contribution < 1.29 is 4.79 Å². The van der Waals surface area contributed by atoms with Crippen LogP contribution in [0.4, 0.5) is 0 Å². The molecule has 0 spiro atoms. The molecule has 25 heavy (non-hydrogen) atoms. The number of carbonyl (C=O) groups is 1. The number of piperidine rings is 1. The van der Waals surface area contributed by atoms with Crippen LogP contribution in [0.5, 0.6) is 0 Å². The monoisotopic (exact) mass is 351 g/mol. The predicted octanol–water partition coefficient (Wildman–Crippen LogP) is 1.71. The molecule has 2 fully saturated rings. The summed E-state index contributed by atoms with van der Waals surface area (Å²) in [7, 11) is 1.85. The number of primary amides is 1. The summed E-state index contributed by atoms with van der Waals surface area (Å²) in [5.41, 5.74) is 5.38. The van der Waals surface area contributed by atoms with E-state index in [2.05, 4.69) is 27.4 Å². The molecule has 1 saturated carbocycles. The van der Waals surface area contributed by atoms with Crippen LogP contribution in [-0.2, 0) is 4.79 Å². The average Bonchev–Trinajstić information content (AvgIpc) is 2.62. The number of hydrogen-bond donors (Lipinski definition) is 3. The molecule has 6 heteroatoms. The Morgan fingerprint density at radius 3 is 2.40 bits per heavy atom. The minimum absolute atomic E-state index is 0.0927. The molecule has 1 amide bonds. The lowest BCUT2D eigenvalue weighted by Crippen LogP contribution is -2.45. The molecule has 0 aromatic rings. The number of guanidine groups is 1. The second kappa shape index (κ2) is 10.6. The summed E-state index contributed by atoms with van der Waals surface area (Å²) < 4.78 is 0. The lowest BCUT2D eigenvalue weighted by Gasteiger charge is -2.30. The number of aliphatic imine (C=N–C) groups is 1. The number of unbranched alkanes of at least 4 members (excludes halogenated alkanes) is 1. The Bertz CT molecular complexity index is 424. The van der Waals surface area contributed by atoms with Gasteiger partial charge in [-0.15, -0.1) is 0 Å². The molecule has 2 aliphatic rings. The molecule has 0 unspecified atom stereocenters. The van der Waals surface area contributed by atoms with Gasteiger partial charge in [-0.3, -0.25) is 9.79 Å². The summed E-state index contributed by atoms with van der Waals surface area (Å²) in [6.45, 7) is 6.43. The van der Waals surface area contributed by atoms with Gasteiger partial charge >= 0.3 is 0 Å². The van der Waals surface area contributed by atoms with E-state index in [0.29, 0.717) is 6.04 Å². The number of likely N-dealkylation sites (tertiary alicyclic amines) is 1. The van der Waals surface area contributed by atoms with Gasteiger partial charge in [0.1, 0.15) is 0 Å². The Labute approximate surface area is 153 Å². The highest BCUT2D eigenvalue weighted by Crippen LogP contribution is 2.23. The van der Waals surface area contributed by atoms with E-state index in [1.54, 1.807) is 0 Å². The molecule has 0 radical (unpaired) electrons. The van der Waals surface area contributed by atoms with Crippen LogP contribution in [0, 0.1) is 11.8 Å². The second-order valence-electron chi connectivity index (χ2n) is 7.83. The highest BCUT2D eigenvalue weighted by molar-refractivity contribution is 5.79. The first kappa shape index (κ1) is 20.0. The van der Waals surface area contributed by atoms with Crippen LogP contribution in [0.25, 0.3) is 0 Å². The topological polar surface area (TPSA) is 82.8 Å². The van der Waals surface area contributed by atoms with Crippen molar-refractivity contribution in [3.8, 4) is 0 Å². The van der Waals surface area contributed by atoms with Gasteiger partial charge in [-0.2, -0.15) is 0 Å². The molecule has 1 heterocycles. The fraction of sp³-hybridized carbons (Fsp3) is 0.895. The van der Waals surface area contributed by atoms with E-state index in [-0.39, 0.29) is 11.8 Å². The van der Waals surface area contributed by atoms with Gasteiger partial charge in [0.25, 0.3) is 0 Å². The van der Waals surface area contributed by atoms with Crippen LogP contribution >= 0.6 is 0 Å². The second-order valence-corrected chi connectivity index (χ2v) is 7.83. The van der Waals surface area contributed by atoms with E-state index in [1.807, 2.05) is 7.05 Å². The summed E-state index contributed by atoms with van der Waals surface area (Å²) in [5, 5.41) is 7.01. The zero-order valence-electron chi connectivity index (χ0n) is 16.1. The molecule has 2 rings (SSSR count). The first-order valence-corrected chi connectivity index (χ1v) is 10.1. The minimum Gasteiger partial charge on any atom is -0.369 e. The average molecular weight is 352 g/mol. The van der Waals surface area contributed by atoms with Crippen molar-refractivity contribution in [1.29, 1.82) is 0 Å². The standard InChI is InChI=1S/C19H37N5O/c1-15-5-7-17(8-6-15)23-19(21-2)22-11-3-4-12-24-13-9-16(10-14-24)18(20)25/h15-17H,3-14H2,1-2H3,(H2,20,25)(H2,21,22,23). The number of amides is 1. The SMILES string of the molecule is CN=C(NCCCCN1CCC(C(N)=O)CC1)NC1CCC(C)CC1. The Kier molecular flexibility index (Phi) is 8.52. The third kappa shape index (κ3) is 7.22. The molecule has 0 bridgehead atoms. The summed E-state index contributed by atoms with van der Waals surface area (Å²) in [5.74, 6) is 1.79. The maximum absolute atomic E-state index is 11.2. The molecule has 6 nitrogen and oxygen atoms in total. The lowest BCUT2D eigenvalue weighted by molar-refractivity contribution is -0.123. The molecule has 4 N–H and O–H groups in total. The third-order valence-electron chi connectivity index (χ3n) is 5.76. The number of rotatable bonds is 7. The quantitative estimate of drug-likeness (QED) is 0.370. The van der Waals surface area contributed by atoms with Gasteiger partial charge in [0.2, 0.25) is 5.91 Å². The van der Waals surface area contributed by atoms with Crippen molar-refractivity contribution in [2.24, 2.45) is 22.6 Å². The van der Waals surface area contributed by atoms with E-state index in [4.69, 9.17) is 5.73 Å². The van der Waals surface area contributed by atoms with Gasteiger partial charge in [-0.25, -0.2) is 0 Å². The Morgan fingerprint density at radius 2 is 1.80 bits per heavy atom. The van der Waals surface area contributed by atoms with Crippen LogP contribution < -0.4 is 16.4 Å². The maximum Gasteiger partial charge on any atom is 0.220 e. The zero-order valence-corrected chi connectivity index (χ0v) is 16.1. The number of nitrogens with zero attached hydrogens (tertiary/aromatic N) is 2. The van der Waals surface area contributed by atoms with E-state index >= 15 is 0 Å². The molecule has 0 aromatic heterocycles. The van der Waals surface area contributed by atoms with Gasteiger partial charge in [-0.1, -0.05) is 6.92 Å². The molecular weight excluding hydrogens is 314 g/mol. The summed E-state index contributed by atoms with van der Waals surface area (Å²) in [6.07, 6.45) is 9.30. The van der Waals surface area contributed by atoms with Crippen LogP contribution in [0.15, 0.2) is 4.99 Å². The van der Waals surface area contributed by atoms with Crippen LogP contribution in [-0.4, -0.2) is 56.0 Å². The summed E-state index contributed by atoms with van der Waals surface area (Å²) in [6, 6.07) is 0.578. The zero-order chi connectivity index (χ0) is 18.1. The fourth-order valence-electron chi connectivity index (χ4n) is 3.90. The normalized spacial score (nSPS) is 26.4. The number of carbonyl (C=O) groups excluding carboxylic acids is 1. The molecule has 144 valence electrons. The number of nitrogens with two attached hydrogens (primary N) is 1. The molecule has 1 aliphatic carbocycles. The Morgan fingerprint density at radius 1 is 1.12 bits per heavy atom. The first-order valence-electron chi connectivity index (χ1n) is 10.1. The smallest absolute Gasteiger partial charge is 0.220 e. The minimum atomic E-state index is -0.129. The Balaban J connectivity index is 1.52. The van der Waals surface area contributed by atoms with E-state index in [9.17, 15) is 4.79 Å². The predicted molar refractivity (Wildman–Crippen MR) is 104 cm³/mol. The number of hydrogen-bond acceptors (Lipinski definition) is 3. The van der Waals surface area contributed by atoms with Crippen molar-refractivity contribution >= 4 is 11.9 Å². The van der Waals surface area contributed by atoms with E-state index in [0.717, 1.165) is 57.3 Å². The lowest BCUT2D eigenvalue weighted by atomic mass is 9.87. The van der Waals surface area contributed by atoms with Crippen LogP contribution in [0.2, 0.25) is 0 Å². The first-order chi connectivity index (χ1) is 12.1. The van der Waals surface area contributed by atoms with Crippen LogP contribution in [0.3, 0.4) is 0 Å². The van der Waals surface area contributed by atoms with Crippen molar-refractivity contribution in [2.45, 2.75) is 64.3 Å². The van der Waals surface area contributed by atoms with Gasteiger partial charge in [0, 0.05) is 25.6 Å². The van der Waals surface area contributed by atoms with Gasteiger partial charge < -0.3 is 21.3 Å². The van der Waals surface area contributed by atoms with Crippen LogP contribution in [0.1, 0.15) is 58.3 Å². The highest BCUT2D eigenvalue weighted by Gasteiger charge is 2.22. The fourth-order valence-corrected chi connectivity index (χ4v) is 3.90. The molecular formula is C19H37N5O. The molecule has 1 saturated heterocycles. The largest absolute Gasteiger partial charge is 0.369 e. The highest BCUT2D eigenvalue weighted by atomic mass is 16.1. The summed E-state index contributed by atoms with van der Waals surface area (Å²) >= 11 is 0. The van der Waals surface area contributed by atoms with Crippen molar-refractivity contribution in [1.82, 2.24) is 15.5 Å². The molecule has 0 aromatic carbocycles. The maximum atomic E-state index is 11.2. The molecule has 1 aliphatic heterocycles. The van der Waals surface area contributed by atoms with Gasteiger partial charge in [-0.05, 0) is 76.9 Å². The number of nitrogens with one attached hydrogen (secondary N) is 2. The summed E-state index contributed by atoms with van der Waals surface area (Å²) in [4.78, 5) is 18.0. The van der Waals surface area contributed by atoms with E-state index in [1.165, 1.54) is 32.1 Å².